The molecular formula is C24H31NO5. The summed E-state index contributed by atoms with van der Waals surface area (Å²) in [6.07, 6.45) is 0.848. The predicted octanol–water partition coefficient (Wildman–Crippen LogP) is 4.47. The van der Waals surface area contributed by atoms with Crippen LogP contribution >= 0.6 is 0 Å². The van der Waals surface area contributed by atoms with Crippen LogP contribution in [0.4, 0.5) is 0 Å². The van der Waals surface area contributed by atoms with Crippen molar-refractivity contribution >= 4 is 17.5 Å². The highest BCUT2D eigenvalue weighted by Gasteiger charge is 2.46. The summed E-state index contributed by atoms with van der Waals surface area (Å²) in [4.78, 5) is 31.1. The molecule has 1 heterocycles. The smallest absolute Gasteiger partial charge is 0.315 e. The van der Waals surface area contributed by atoms with E-state index in [2.05, 4.69) is 13.8 Å². The summed E-state index contributed by atoms with van der Waals surface area (Å²) in [5, 5.41) is 0. The molecule has 2 atom stereocenters. The number of ketones is 1. The molecule has 1 aromatic rings. The van der Waals surface area contributed by atoms with Crippen LogP contribution < -0.4 is 9.47 Å². The van der Waals surface area contributed by atoms with Crippen molar-refractivity contribution in [3.05, 3.63) is 35.0 Å². The molecule has 1 aromatic carbocycles. The molecule has 0 amide bonds. The molecule has 1 aliphatic heterocycles. The van der Waals surface area contributed by atoms with Gasteiger partial charge >= 0.3 is 5.97 Å². The number of methoxy groups -OCH3 is 2. The number of allylic oxidation sites excluding steroid dienone is 2. The number of carbonyl (C=O) groups excluding carboxylic acids is 2. The topological polar surface area (TPSA) is 74.2 Å². The number of rotatable bonds is 5. The van der Waals surface area contributed by atoms with Gasteiger partial charge in [0.15, 0.2) is 5.78 Å². The van der Waals surface area contributed by atoms with E-state index in [-0.39, 0.29) is 23.3 Å². The Bertz CT molecular complexity index is 903. The molecule has 1 aliphatic carbocycles. The molecule has 30 heavy (non-hydrogen) atoms. The minimum absolute atomic E-state index is 0.0339. The van der Waals surface area contributed by atoms with E-state index in [1.54, 1.807) is 20.3 Å². The van der Waals surface area contributed by atoms with Crippen molar-refractivity contribution in [2.24, 2.45) is 16.3 Å². The number of hydrogen-bond donors (Lipinski definition) is 0. The lowest BCUT2D eigenvalue weighted by Crippen LogP contribution is -2.40. The van der Waals surface area contributed by atoms with Crippen LogP contribution in [0, 0.1) is 11.3 Å². The first-order valence-corrected chi connectivity index (χ1v) is 10.3. The molecule has 0 spiro atoms. The zero-order chi connectivity index (χ0) is 22.2. The van der Waals surface area contributed by atoms with Crippen LogP contribution in [0.15, 0.2) is 34.5 Å². The molecule has 0 aromatic heterocycles. The summed E-state index contributed by atoms with van der Waals surface area (Å²) in [6.45, 7) is 9.61. The molecule has 0 radical (unpaired) electrons. The van der Waals surface area contributed by atoms with E-state index in [1.165, 1.54) is 0 Å². The predicted molar refractivity (Wildman–Crippen MR) is 115 cm³/mol. The van der Waals surface area contributed by atoms with Gasteiger partial charge in [0.25, 0.3) is 0 Å². The second-order valence-corrected chi connectivity index (χ2v) is 9.14. The fourth-order valence-electron chi connectivity index (χ4n) is 4.43. The van der Waals surface area contributed by atoms with Gasteiger partial charge in [-0.25, -0.2) is 0 Å². The molecule has 0 fully saturated rings. The van der Waals surface area contributed by atoms with Crippen LogP contribution in [0.5, 0.6) is 11.5 Å². The summed E-state index contributed by atoms with van der Waals surface area (Å²) in [5.41, 5.74) is 2.67. The zero-order valence-electron chi connectivity index (χ0n) is 18.9. The van der Waals surface area contributed by atoms with E-state index in [0.29, 0.717) is 35.6 Å². The summed E-state index contributed by atoms with van der Waals surface area (Å²) in [5.74, 6) is -0.296. The van der Waals surface area contributed by atoms with E-state index >= 15 is 0 Å². The highest BCUT2D eigenvalue weighted by Crippen LogP contribution is 2.48. The SMILES string of the molecule is COc1cc(OC)cc([C@H]2C3=C(CC(C)(C)CC3=O)N=C(C)C2C(=O)OC(C)C)c1. The first-order valence-electron chi connectivity index (χ1n) is 10.3. The second-order valence-electron chi connectivity index (χ2n) is 9.14. The lowest BCUT2D eigenvalue weighted by atomic mass is 9.67. The number of ether oxygens (including phenoxy) is 3. The van der Waals surface area contributed by atoms with E-state index in [4.69, 9.17) is 19.2 Å². The molecular weight excluding hydrogens is 382 g/mol. The Balaban J connectivity index is 2.21. The molecule has 2 aliphatic rings. The molecule has 0 saturated heterocycles. The lowest BCUT2D eigenvalue weighted by molar-refractivity contribution is -0.150. The Labute approximate surface area is 178 Å². The van der Waals surface area contributed by atoms with E-state index < -0.39 is 11.8 Å². The second kappa shape index (κ2) is 8.25. The van der Waals surface area contributed by atoms with Crippen LogP contribution in [0.25, 0.3) is 0 Å². The number of Topliss-reactive ketones (excluding diaryl/α,β-unsaturated/α-hetero) is 1. The third-order valence-electron chi connectivity index (χ3n) is 5.64. The first kappa shape index (κ1) is 22.1. The van der Waals surface area contributed by atoms with Gasteiger partial charge < -0.3 is 14.2 Å². The number of carbonyl (C=O) groups is 2. The van der Waals surface area contributed by atoms with Crippen molar-refractivity contribution in [3.63, 3.8) is 0 Å². The van der Waals surface area contributed by atoms with Crippen LogP contribution in [0.3, 0.4) is 0 Å². The van der Waals surface area contributed by atoms with Crippen molar-refractivity contribution < 1.29 is 23.8 Å². The zero-order valence-corrected chi connectivity index (χ0v) is 18.9. The van der Waals surface area contributed by atoms with Gasteiger partial charge in [0.2, 0.25) is 0 Å². The van der Waals surface area contributed by atoms with Crippen LogP contribution in [0.1, 0.15) is 58.9 Å². The number of esters is 1. The van der Waals surface area contributed by atoms with Crippen LogP contribution in [-0.4, -0.2) is 37.8 Å². The van der Waals surface area contributed by atoms with Crippen molar-refractivity contribution in [1.82, 2.24) is 0 Å². The van der Waals surface area contributed by atoms with Gasteiger partial charge in [-0.3, -0.25) is 14.6 Å². The maximum absolute atomic E-state index is 13.3. The van der Waals surface area contributed by atoms with Gasteiger partial charge in [0.05, 0.1) is 20.3 Å². The quantitative estimate of drug-likeness (QED) is 0.666. The first-order chi connectivity index (χ1) is 14.1. The summed E-state index contributed by atoms with van der Waals surface area (Å²) in [7, 11) is 3.16. The molecule has 6 nitrogen and oxygen atoms in total. The number of aliphatic imine (C=N–C) groups is 1. The normalized spacial score (nSPS) is 23.1. The summed E-state index contributed by atoms with van der Waals surface area (Å²) in [6, 6.07) is 5.49. The maximum Gasteiger partial charge on any atom is 0.315 e. The average Bonchev–Trinajstić information content (AvgIpc) is 2.64. The van der Waals surface area contributed by atoms with Crippen molar-refractivity contribution in [1.29, 1.82) is 0 Å². The highest BCUT2D eigenvalue weighted by molar-refractivity contribution is 6.09. The van der Waals surface area contributed by atoms with Gasteiger partial charge in [0.1, 0.15) is 17.4 Å². The molecule has 0 saturated carbocycles. The maximum atomic E-state index is 13.3. The average molecular weight is 414 g/mol. The molecule has 0 bridgehead atoms. The monoisotopic (exact) mass is 413 g/mol. The van der Waals surface area contributed by atoms with Gasteiger partial charge in [-0.15, -0.1) is 0 Å². The molecule has 1 unspecified atom stereocenters. The fourth-order valence-corrected chi connectivity index (χ4v) is 4.43. The van der Waals surface area contributed by atoms with Gasteiger partial charge in [-0.1, -0.05) is 13.8 Å². The minimum atomic E-state index is -0.673. The summed E-state index contributed by atoms with van der Waals surface area (Å²) >= 11 is 0. The number of nitrogens with zero attached hydrogens (tertiary/aromatic N) is 1. The van der Waals surface area contributed by atoms with Crippen molar-refractivity contribution in [2.75, 3.05) is 14.2 Å². The third kappa shape index (κ3) is 4.27. The van der Waals surface area contributed by atoms with Crippen LogP contribution in [-0.2, 0) is 14.3 Å². The Morgan fingerprint density at radius 1 is 1.10 bits per heavy atom. The van der Waals surface area contributed by atoms with Gasteiger partial charge in [0, 0.05) is 35.4 Å². The third-order valence-corrected chi connectivity index (χ3v) is 5.64. The van der Waals surface area contributed by atoms with Gasteiger partial charge in [-0.05, 0) is 50.3 Å². The number of benzene rings is 1. The Morgan fingerprint density at radius 3 is 2.23 bits per heavy atom. The fraction of sp³-hybridized carbons (Fsp3) is 0.542. The van der Waals surface area contributed by atoms with Crippen molar-refractivity contribution in [3.8, 4) is 11.5 Å². The Morgan fingerprint density at radius 2 is 1.70 bits per heavy atom. The van der Waals surface area contributed by atoms with E-state index in [1.807, 2.05) is 32.9 Å². The summed E-state index contributed by atoms with van der Waals surface area (Å²) < 4.78 is 16.5. The molecule has 6 heteroatoms. The standard InChI is InChI=1S/C24H31NO5/c1-13(2)30-23(27)20-14(3)25-18-11-24(4,5)12-19(26)22(18)21(20)15-8-16(28-6)10-17(9-15)29-7/h8-10,13,20-21H,11-12H2,1-7H3/t20?,21-/m1/s1. The minimum Gasteiger partial charge on any atom is -0.497 e. The largest absolute Gasteiger partial charge is 0.497 e. The Hall–Kier alpha value is -2.63. The van der Waals surface area contributed by atoms with E-state index in [9.17, 15) is 9.59 Å². The molecule has 0 N–H and O–H groups in total. The van der Waals surface area contributed by atoms with Crippen LogP contribution in [0.2, 0.25) is 0 Å². The lowest BCUT2D eigenvalue weighted by Gasteiger charge is -2.39. The number of hydrogen-bond acceptors (Lipinski definition) is 6. The Kier molecular flexibility index (Phi) is 6.06. The molecule has 162 valence electrons. The van der Waals surface area contributed by atoms with Gasteiger partial charge in [-0.2, -0.15) is 0 Å². The molecule has 3 rings (SSSR count). The van der Waals surface area contributed by atoms with Crippen molar-refractivity contribution in [2.45, 2.75) is 59.5 Å². The highest BCUT2D eigenvalue weighted by atomic mass is 16.5. The van der Waals surface area contributed by atoms with E-state index in [0.717, 1.165) is 11.3 Å².